The second-order valence-corrected chi connectivity index (χ2v) is 5.13. The van der Waals surface area contributed by atoms with Crippen LogP contribution in [0.1, 0.15) is 18.6 Å². The first-order valence-electron chi connectivity index (χ1n) is 6.74. The van der Waals surface area contributed by atoms with Crippen LogP contribution in [0.15, 0.2) is 18.2 Å². The number of anilines is 1. The number of aliphatic hydroxyl groups is 1. The van der Waals surface area contributed by atoms with Crippen LogP contribution in [-0.4, -0.2) is 49.5 Å². The van der Waals surface area contributed by atoms with Crippen molar-refractivity contribution in [1.29, 1.82) is 0 Å². The molecule has 0 spiro atoms. The van der Waals surface area contributed by atoms with E-state index in [1.807, 2.05) is 4.90 Å². The Morgan fingerprint density at radius 2 is 1.90 bits per heavy atom. The van der Waals surface area contributed by atoms with Crippen LogP contribution >= 0.6 is 0 Å². The minimum absolute atomic E-state index is 0.0139. The quantitative estimate of drug-likeness (QED) is 0.654. The molecule has 1 aromatic rings. The number of benzene rings is 1. The minimum Gasteiger partial charge on any atom is -0.389 e. The van der Waals surface area contributed by atoms with Gasteiger partial charge in [-0.05, 0) is 18.6 Å². The van der Waals surface area contributed by atoms with Gasteiger partial charge in [-0.3, -0.25) is 10.1 Å². The van der Waals surface area contributed by atoms with E-state index in [1.54, 1.807) is 33.3 Å². The zero-order valence-electron chi connectivity index (χ0n) is 12.4. The summed E-state index contributed by atoms with van der Waals surface area (Å²) in [6.07, 6.45) is -0.980. The summed E-state index contributed by atoms with van der Waals surface area (Å²) in [7, 11) is 3.20. The van der Waals surface area contributed by atoms with Gasteiger partial charge in [0.2, 0.25) is 0 Å². The fraction of sp³-hybridized carbons (Fsp3) is 0.571. The maximum Gasteiger partial charge on any atom is 0.292 e. The number of hydrogen-bond donors (Lipinski definition) is 1. The van der Waals surface area contributed by atoms with Crippen molar-refractivity contribution in [1.82, 2.24) is 0 Å². The van der Waals surface area contributed by atoms with E-state index >= 15 is 0 Å². The summed E-state index contributed by atoms with van der Waals surface area (Å²) in [5.74, 6) is 0. The molecule has 21 heavy (non-hydrogen) atoms. The van der Waals surface area contributed by atoms with Crippen molar-refractivity contribution in [3.05, 3.63) is 33.9 Å². The SMILES string of the molecule is COC1CN(c2ccc([C@H](C)O)cc2[N+](=O)[O-])CC1OC. The summed E-state index contributed by atoms with van der Waals surface area (Å²) < 4.78 is 10.7. The third kappa shape index (κ3) is 3.15. The van der Waals surface area contributed by atoms with Gasteiger partial charge >= 0.3 is 0 Å². The minimum atomic E-state index is -0.741. The molecule has 1 heterocycles. The Labute approximate surface area is 123 Å². The number of nitro benzene ring substituents is 1. The highest BCUT2D eigenvalue weighted by Gasteiger charge is 2.35. The molecule has 1 aromatic carbocycles. The number of methoxy groups -OCH3 is 2. The summed E-state index contributed by atoms with van der Waals surface area (Å²) in [6.45, 7) is 2.64. The molecule has 1 aliphatic heterocycles. The molecule has 1 N–H and O–H groups in total. The smallest absolute Gasteiger partial charge is 0.292 e. The number of hydrogen-bond acceptors (Lipinski definition) is 6. The number of nitrogens with zero attached hydrogens (tertiary/aromatic N) is 2. The molecular formula is C14H20N2O5. The zero-order valence-corrected chi connectivity index (χ0v) is 12.4. The van der Waals surface area contributed by atoms with Gasteiger partial charge in [0.05, 0.1) is 11.0 Å². The monoisotopic (exact) mass is 296 g/mol. The van der Waals surface area contributed by atoms with Crippen LogP contribution < -0.4 is 4.90 Å². The summed E-state index contributed by atoms with van der Waals surface area (Å²) in [4.78, 5) is 12.7. The van der Waals surface area contributed by atoms with Crippen LogP contribution in [-0.2, 0) is 9.47 Å². The molecule has 116 valence electrons. The van der Waals surface area contributed by atoms with Gasteiger partial charge in [0.15, 0.2) is 0 Å². The lowest BCUT2D eigenvalue weighted by Crippen LogP contribution is -2.27. The lowest BCUT2D eigenvalue weighted by Gasteiger charge is -2.19. The molecule has 0 aliphatic carbocycles. The summed E-state index contributed by atoms with van der Waals surface area (Å²) in [6, 6.07) is 4.79. The Morgan fingerprint density at radius 1 is 1.33 bits per heavy atom. The second kappa shape index (κ2) is 6.38. The molecule has 0 bridgehead atoms. The molecular weight excluding hydrogens is 276 g/mol. The average molecular weight is 296 g/mol. The van der Waals surface area contributed by atoms with Gasteiger partial charge < -0.3 is 19.5 Å². The third-order valence-electron chi connectivity index (χ3n) is 3.84. The number of ether oxygens (including phenoxy) is 2. The van der Waals surface area contributed by atoms with Crippen LogP contribution in [0.2, 0.25) is 0 Å². The molecule has 7 heteroatoms. The van der Waals surface area contributed by atoms with Crippen LogP contribution in [0.5, 0.6) is 0 Å². The normalized spacial score (nSPS) is 23.3. The summed E-state index contributed by atoms with van der Waals surface area (Å²) >= 11 is 0. The van der Waals surface area contributed by atoms with Crippen molar-refractivity contribution >= 4 is 11.4 Å². The van der Waals surface area contributed by atoms with Crippen molar-refractivity contribution in [3.8, 4) is 0 Å². The Kier molecular flexibility index (Phi) is 4.76. The van der Waals surface area contributed by atoms with E-state index in [0.717, 1.165) is 0 Å². The van der Waals surface area contributed by atoms with E-state index in [2.05, 4.69) is 0 Å². The number of rotatable bonds is 5. The van der Waals surface area contributed by atoms with E-state index in [1.165, 1.54) is 6.07 Å². The predicted octanol–water partition coefficient (Wildman–Crippen LogP) is 1.50. The molecule has 1 saturated heterocycles. The maximum absolute atomic E-state index is 11.3. The highest BCUT2D eigenvalue weighted by molar-refractivity contribution is 5.65. The van der Waals surface area contributed by atoms with Gasteiger partial charge in [0, 0.05) is 33.4 Å². The Balaban J connectivity index is 2.33. The number of aliphatic hydroxyl groups excluding tert-OH is 1. The van der Waals surface area contributed by atoms with Gasteiger partial charge in [-0.1, -0.05) is 6.07 Å². The van der Waals surface area contributed by atoms with Gasteiger partial charge in [0.25, 0.3) is 5.69 Å². The highest BCUT2D eigenvalue weighted by Crippen LogP contribution is 2.34. The Bertz CT molecular complexity index is 508. The van der Waals surface area contributed by atoms with E-state index in [9.17, 15) is 15.2 Å². The summed E-state index contributed by atoms with van der Waals surface area (Å²) in [5, 5.41) is 20.9. The first-order valence-corrected chi connectivity index (χ1v) is 6.74. The third-order valence-corrected chi connectivity index (χ3v) is 3.84. The molecule has 1 aliphatic rings. The standard InChI is InChI=1S/C14H20N2O5/c1-9(17)10-4-5-11(12(6-10)16(18)19)15-7-13(20-2)14(8-15)21-3/h4-6,9,13-14,17H,7-8H2,1-3H3/t9-,13?,14?/m0/s1. The van der Waals surface area contributed by atoms with E-state index in [-0.39, 0.29) is 17.9 Å². The predicted molar refractivity (Wildman–Crippen MR) is 77.5 cm³/mol. The Hall–Kier alpha value is -1.70. The molecule has 2 unspecified atom stereocenters. The Morgan fingerprint density at radius 3 is 2.33 bits per heavy atom. The van der Waals surface area contributed by atoms with E-state index in [4.69, 9.17) is 9.47 Å². The molecule has 1 fully saturated rings. The van der Waals surface area contributed by atoms with Crippen molar-refractivity contribution < 1.29 is 19.5 Å². The van der Waals surface area contributed by atoms with Gasteiger partial charge in [-0.2, -0.15) is 0 Å². The summed E-state index contributed by atoms with van der Waals surface area (Å²) in [5.41, 5.74) is 1.03. The van der Waals surface area contributed by atoms with Gasteiger partial charge in [-0.25, -0.2) is 0 Å². The first kappa shape index (κ1) is 15.7. The zero-order chi connectivity index (χ0) is 15.6. The molecule has 3 atom stereocenters. The van der Waals surface area contributed by atoms with Crippen LogP contribution in [0.25, 0.3) is 0 Å². The van der Waals surface area contributed by atoms with Crippen molar-refractivity contribution in [2.24, 2.45) is 0 Å². The average Bonchev–Trinajstić information content (AvgIpc) is 2.89. The van der Waals surface area contributed by atoms with Gasteiger partial charge in [0.1, 0.15) is 17.9 Å². The van der Waals surface area contributed by atoms with Crippen molar-refractivity contribution in [3.63, 3.8) is 0 Å². The van der Waals surface area contributed by atoms with Crippen molar-refractivity contribution in [2.45, 2.75) is 25.2 Å². The highest BCUT2D eigenvalue weighted by atomic mass is 16.6. The molecule has 0 amide bonds. The second-order valence-electron chi connectivity index (χ2n) is 5.13. The first-order chi connectivity index (χ1) is 9.97. The maximum atomic E-state index is 11.3. The van der Waals surface area contributed by atoms with Crippen LogP contribution in [0.4, 0.5) is 11.4 Å². The lowest BCUT2D eigenvalue weighted by atomic mass is 10.1. The molecule has 0 saturated carbocycles. The molecule has 2 rings (SSSR count). The largest absolute Gasteiger partial charge is 0.389 e. The molecule has 7 nitrogen and oxygen atoms in total. The number of nitro groups is 1. The van der Waals surface area contributed by atoms with E-state index < -0.39 is 11.0 Å². The van der Waals surface area contributed by atoms with Crippen LogP contribution in [0.3, 0.4) is 0 Å². The van der Waals surface area contributed by atoms with E-state index in [0.29, 0.717) is 24.3 Å². The lowest BCUT2D eigenvalue weighted by molar-refractivity contribution is -0.384. The fourth-order valence-corrected chi connectivity index (χ4v) is 2.61. The molecule has 0 radical (unpaired) electrons. The topological polar surface area (TPSA) is 85.1 Å². The van der Waals surface area contributed by atoms with Crippen LogP contribution in [0, 0.1) is 10.1 Å². The van der Waals surface area contributed by atoms with Crippen molar-refractivity contribution in [2.75, 3.05) is 32.2 Å². The molecule has 0 aromatic heterocycles. The van der Waals surface area contributed by atoms with Gasteiger partial charge in [-0.15, -0.1) is 0 Å². The fourth-order valence-electron chi connectivity index (χ4n) is 2.61.